The van der Waals surface area contributed by atoms with Crippen LogP contribution in [0.5, 0.6) is 0 Å². The molecule has 0 spiro atoms. The Morgan fingerprint density at radius 1 is 0.692 bits per heavy atom. The minimum atomic E-state index is -2.83. The van der Waals surface area contributed by atoms with Gasteiger partial charge in [-0.2, -0.15) is 0 Å². The van der Waals surface area contributed by atoms with Gasteiger partial charge in [0, 0.05) is 26.8 Å². The third-order valence-corrected chi connectivity index (χ3v) is 8.86. The van der Waals surface area contributed by atoms with E-state index in [1.54, 1.807) is 0 Å². The molecule has 1 atom stereocenters. The van der Waals surface area contributed by atoms with Crippen LogP contribution in [0.2, 0.25) is 0 Å². The minimum absolute atomic E-state index is 0. The molecular formula is C20H42MoO2PS2-. The molecule has 2 nitrogen and oxygen atoms in total. The largest absolute Gasteiger partial charge is 0.793 e. The molecule has 0 N–H and O–H groups in total. The monoisotopic (exact) mass is 507 g/mol. The van der Waals surface area contributed by atoms with Crippen LogP contribution in [0.3, 0.4) is 0 Å². The minimum Gasteiger partial charge on any atom is -0.793 e. The summed E-state index contributed by atoms with van der Waals surface area (Å²) in [6.45, 7) is 5.07. The van der Waals surface area contributed by atoms with Gasteiger partial charge in [-0.05, 0) is 18.6 Å². The van der Waals surface area contributed by atoms with Gasteiger partial charge in [-0.1, -0.05) is 116 Å². The number of rotatable bonds is 20. The van der Waals surface area contributed by atoms with E-state index < -0.39 is 5.69 Å². The van der Waals surface area contributed by atoms with Gasteiger partial charge in [-0.15, -0.1) is 11.4 Å². The predicted molar refractivity (Wildman–Crippen MR) is 118 cm³/mol. The van der Waals surface area contributed by atoms with Gasteiger partial charge in [-0.3, -0.25) is 0 Å². The quantitative estimate of drug-likeness (QED) is 0.0969. The van der Waals surface area contributed by atoms with Crippen molar-refractivity contribution in [1.29, 1.82) is 0 Å². The molecule has 0 aliphatic carbocycles. The summed E-state index contributed by atoms with van der Waals surface area (Å²) in [7, 11) is 0. The van der Waals surface area contributed by atoms with Gasteiger partial charge in [0.1, 0.15) is 0 Å². The molecule has 26 heavy (non-hydrogen) atoms. The molecule has 0 saturated heterocycles. The fourth-order valence-electron chi connectivity index (χ4n) is 2.86. The Balaban J connectivity index is 0. The summed E-state index contributed by atoms with van der Waals surface area (Å²) < 4.78 is 5.48. The van der Waals surface area contributed by atoms with Crippen molar-refractivity contribution in [2.24, 2.45) is 0 Å². The zero-order valence-corrected chi connectivity index (χ0v) is 21.8. The summed E-state index contributed by atoms with van der Waals surface area (Å²) in [6, 6.07) is 0. The second-order valence-electron chi connectivity index (χ2n) is 7.06. The zero-order chi connectivity index (χ0) is 18.6. The summed E-state index contributed by atoms with van der Waals surface area (Å²) in [5.41, 5.74) is -2.83. The van der Waals surface area contributed by atoms with E-state index in [9.17, 15) is 4.89 Å². The molecule has 0 aliphatic rings. The molecule has 1 unspecified atom stereocenters. The normalized spacial score (nSPS) is 13.3. The van der Waals surface area contributed by atoms with Gasteiger partial charge in [0.2, 0.25) is 0 Å². The average Bonchev–Trinajstić information content (AvgIpc) is 2.59. The fraction of sp³-hybridized carbons (Fsp3) is 1.00. The summed E-state index contributed by atoms with van der Waals surface area (Å²) in [4.78, 5) is 12.2. The first kappa shape index (κ1) is 29.8. The number of hydrogen-bond donors (Lipinski definition) is 0. The first-order chi connectivity index (χ1) is 12.1. The maximum absolute atomic E-state index is 12.2. The van der Waals surface area contributed by atoms with Crippen molar-refractivity contribution < 1.29 is 30.5 Å². The van der Waals surface area contributed by atoms with Crippen molar-refractivity contribution in [1.82, 2.24) is 0 Å². The van der Waals surface area contributed by atoms with E-state index in [1.165, 1.54) is 101 Å². The van der Waals surface area contributed by atoms with Gasteiger partial charge in [0.25, 0.3) is 0 Å². The summed E-state index contributed by atoms with van der Waals surface area (Å²) >= 11 is 6.51. The molecule has 0 aromatic heterocycles. The summed E-state index contributed by atoms with van der Waals surface area (Å²) in [5.74, 6) is 0.882. The molecule has 0 aliphatic heterocycles. The molecular weight excluding hydrogens is 463 g/mol. The van der Waals surface area contributed by atoms with Crippen LogP contribution >= 0.6 is 17.1 Å². The molecule has 0 aromatic rings. The van der Waals surface area contributed by atoms with E-state index in [-0.39, 0.29) is 21.1 Å². The standard InChI is InChI=1S/C20H43O2PS2.Mo/c1-3-5-7-9-11-13-15-17-19-22-23(21,24)25-20-18-16-14-12-10-8-6-4-2;/h3-20H2,1-2H3,(H,21,24);/p-1. The molecule has 0 rings (SSSR count). The Morgan fingerprint density at radius 3 is 1.54 bits per heavy atom. The van der Waals surface area contributed by atoms with Crippen LogP contribution in [0.4, 0.5) is 0 Å². The van der Waals surface area contributed by atoms with Crippen molar-refractivity contribution in [3.8, 4) is 0 Å². The van der Waals surface area contributed by atoms with E-state index in [0.29, 0.717) is 6.61 Å². The van der Waals surface area contributed by atoms with Gasteiger partial charge in [0.05, 0.1) is 6.61 Å². The molecule has 0 amide bonds. The van der Waals surface area contributed by atoms with Crippen LogP contribution in [0.1, 0.15) is 117 Å². The molecule has 0 bridgehead atoms. The van der Waals surface area contributed by atoms with Crippen molar-refractivity contribution in [3.05, 3.63) is 0 Å². The van der Waals surface area contributed by atoms with Gasteiger partial charge in [-0.25, -0.2) is 0 Å². The van der Waals surface area contributed by atoms with Crippen LogP contribution in [0.15, 0.2) is 0 Å². The van der Waals surface area contributed by atoms with Crippen LogP contribution in [-0.2, 0) is 37.4 Å². The second-order valence-corrected chi connectivity index (χ2v) is 13.2. The van der Waals surface area contributed by atoms with Gasteiger partial charge in [0.15, 0.2) is 0 Å². The maximum atomic E-state index is 12.2. The Hall–Kier alpha value is 1.61. The molecule has 0 heterocycles. The fourth-order valence-corrected chi connectivity index (χ4v) is 6.25. The number of hydrogen-bond acceptors (Lipinski definition) is 4. The average molecular weight is 506 g/mol. The summed E-state index contributed by atoms with van der Waals surface area (Å²) in [6.07, 6.45) is 20.5. The first-order valence-corrected chi connectivity index (χ1v) is 15.0. The first-order valence-electron chi connectivity index (χ1n) is 10.7. The van der Waals surface area contributed by atoms with Crippen LogP contribution in [0, 0.1) is 0 Å². The molecule has 6 heteroatoms. The SMILES string of the molecule is CCCCCCCCCCOP([O-])(=S)SCCCCCCCCCC.[Mo]. The number of unbranched alkanes of at least 4 members (excludes halogenated alkanes) is 14. The predicted octanol–water partition coefficient (Wildman–Crippen LogP) is 7.60. The zero-order valence-electron chi connectivity index (χ0n) is 17.2. The van der Waals surface area contributed by atoms with Gasteiger partial charge >= 0.3 is 0 Å². The Labute approximate surface area is 187 Å². The van der Waals surface area contributed by atoms with Crippen LogP contribution in [0.25, 0.3) is 0 Å². The molecule has 0 radical (unpaired) electrons. The van der Waals surface area contributed by atoms with Gasteiger partial charge < -0.3 is 9.42 Å². The Bertz CT molecular complexity index is 294. The van der Waals surface area contributed by atoms with E-state index in [1.807, 2.05) is 0 Å². The van der Waals surface area contributed by atoms with Crippen molar-refractivity contribution in [3.63, 3.8) is 0 Å². The molecule has 0 saturated carbocycles. The van der Waals surface area contributed by atoms with E-state index in [2.05, 4.69) is 13.8 Å². The van der Waals surface area contributed by atoms with E-state index in [0.717, 1.165) is 18.6 Å². The van der Waals surface area contributed by atoms with Crippen LogP contribution < -0.4 is 4.89 Å². The smallest absolute Gasteiger partial charge is 0.0513 e. The molecule has 158 valence electrons. The van der Waals surface area contributed by atoms with Crippen molar-refractivity contribution in [2.75, 3.05) is 12.4 Å². The Morgan fingerprint density at radius 2 is 1.08 bits per heavy atom. The Kier molecular flexibility index (Phi) is 26.2. The van der Waals surface area contributed by atoms with Crippen molar-refractivity contribution in [2.45, 2.75) is 117 Å². The maximum Gasteiger partial charge on any atom is 0.0513 e. The summed E-state index contributed by atoms with van der Waals surface area (Å²) in [5, 5.41) is 0. The second kappa shape index (κ2) is 22.9. The van der Waals surface area contributed by atoms with Crippen molar-refractivity contribution >= 4 is 28.9 Å². The topological polar surface area (TPSA) is 32.3 Å². The third-order valence-electron chi connectivity index (χ3n) is 4.49. The van der Waals surface area contributed by atoms with E-state index >= 15 is 0 Å². The van der Waals surface area contributed by atoms with Crippen LogP contribution in [-0.4, -0.2) is 12.4 Å². The third kappa shape index (κ3) is 23.6. The molecule has 0 fully saturated rings. The van der Waals surface area contributed by atoms with E-state index in [4.69, 9.17) is 16.3 Å². The molecule has 0 aromatic carbocycles.